The number of allylic oxidation sites excluding steroid dienone is 4. The lowest BCUT2D eigenvalue weighted by Gasteiger charge is -2.27. The van der Waals surface area contributed by atoms with E-state index in [9.17, 15) is 4.39 Å². The van der Waals surface area contributed by atoms with Crippen molar-refractivity contribution in [3.05, 3.63) is 102 Å². The van der Waals surface area contributed by atoms with Gasteiger partial charge in [-0.05, 0) is 30.3 Å². The van der Waals surface area contributed by atoms with E-state index in [4.69, 9.17) is 28.9 Å². The topological polar surface area (TPSA) is 115 Å². The van der Waals surface area contributed by atoms with Crippen LogP contribution in [0.5, 0.6) is 0 Å². The molecule has 36 heavy (non-hydrogen) atoms. The van der Waals surface area contributed by atoms with E-state index >= 15 is 0 Å². The number of rotatable bonds is 7. The second-order valence-electron chi connectivity index (χ2n) is 7.37. The van der Waals surface area contributed by atoms with Gasteiger partial charge >= 0.3 is 0 Å². The molecule has 0 saturated carbocycles. The molecule has 1 aliphatic carbocycles. The van der Waals surface area contributed by atoms with Gasteiger partial charge in [0, 0.05) is 19.2 Å². The van der Waals surface area contributed by atoms with Crippen LogP contribution in [0.3, 0.4) is 0 Å². The van der Waals surface area contributed by atoms with Crippen molar-refractivity contribution in [2.75, 3.05) is 18.9 Å². The molecule has 0 fully saturated rings. The highest BCUT2D eigenvalue weighted by atomic mass is 32.1. The molecule has 1 heterocycles. The molecule has 7 nitrogen and oxygen atoms in total. The first-order valence-electron chi connectivity index (χ1n) is 11.3. The van der Waals surface area contributed by atoms with Crippen molar-refractivity contribution >= 4 is 28.5 Å². The Morgan fingerprint density at radius 3 is 2.44 bits per heavy atom. The highest BCUT2D eigenvalue weighted by Crippen LogP contribution is 2.29. The predicted molar refractivity (Wildman–Crippen MR) is 152 cm³/mol. The summed E-state index contributed by atoms with van der Waals surface area (Å²) in [5, 5.41) is 15.3. The molecule has 3 rings (SSSR count). The molecule has 1 aliphatic heterocycles. The van der Waals surface area contributed by atoms with Crippen LogP contribution in [0.25, 0.3) is 0 Å². The Bertz CT molecular complexity index is 1210. The average molecular weight is 508 g/mol. The van der Waals surface area contributed by atoms with Gasteiger partial charge in [-0.25, -0.2) is 9.38 Å². The number of hydrogen-bond acceptors (Lipinski definition) is 8. The summed E-state index contributed by atoms with van der Waals surface area (Å²) in [5.41, 5.74) is 15.2. The zero-order valence-corrected chi connectivity index (χ0v) is 22.2. The molecule has 9 heteroatoms. The van der Waals surface area contributed by atoms with Crippen LogP contribution in [-0.4, -0.2) is 29.1 Å². The summed E-state index contributed by atoms with van der Waals surface area (Å²) in [4.78, 5) is 6.58. The SMILES string of the molecule is C=C(C#N)C1=CC(C(=C)NCc2ccc(F)c(NC3=C(N)C(=C)C3=S)c2)=NC(=C)N1C.CC.CCN. The van der Waals surface area contributed by atoms with E-state index in [0.717, 1.165) is 12.1 Å². The standard InChI is InChI=1S/C23H21FN6S.C2H7N.C2H6/c1-12(10-25)20-9-18(28-15(4)30(20)5)14(3)27-11-16-6-7-17(24)19(8-16)29-22-21(26)13(2)23(22)31;1-2-3;1-2/h6-9,27,29H,1-4,11,26H2,5H3;2-3H2,1H3;1-2H3. The number of thiocarbonyl (C=S) groups is 1. The van der Waals surface area contributed by atoms with Crippen molar-refractivity contribution in [1.82, 2.24) is 10.2 Å². The van der Waals surface area contributed by atoms with Crippen molar-refractivity contribution in [3.63, 3.8) is 0 Å². The lowest BCUT2D eigenvalue weighted by atomic mass is 9.95. The largest absolute Gasteiger partial charge is 0.396 e. The maximum absolute atomic E-state index is 14.3. The van der Waals surface area contributed by atoms with Gasteiger partial charge in [0.05, 0.1) is 44.6 Å². The van der Waals surface area contributed by atoms with E-state index in [0.29, 0.717) is 56.9 Å². The Balaban J connectivity index is 0.00000120. The van der Waals surface area contributed by atoms with Crippen LogP contribution in [0.1, 0.15) is 26.3 Å². The summed E-state index contributed by atoms with van der Waals surface area (Å²) in [7, 11) is 1.76. The summed E-state index contributed by atoms with van der Waals surface area (Å²) in [6, 6.07) is 6.71. The van der Waals surface area contributed by atoms with Crippen molar-refractivity contribution in [2.24, 2.45) is 16.5 Å². The minimum Gasteiger partial charge on any atom is -0.396 e. The van der Waals surface area contributed by atoms with E-state index in [1.165, 1.54) is 6.07 Å². The zero-order valence-electron chi connectivity index (χ0n) is 21.3. The molecule has 0 atom stereocenters. The van der Waals surface area contributed by atoms with Crippen LogP contribution in [-0.2, 0) is 6.54 Å². The van der Waals surface area contributed by atoms with Crippen LogP contribution in [0.15, 0.2) is 95.3 Å². The maximum atomic E-state index is 14.3. The normalized spacial score (nSPS) is 14.1. The van der Waals surface area contributed by atoms with E-state index in [2.05, 4.69) is 41.9 Å². The summed E-state index contributed by atoms with van der Waals surface area (Å²) >= 11 is 5.19. The van der Waals surface area contributed by atoms with Crippen LogP contribution in [0, 0.1) is 17.1 Å². The number of nitrogens with zero attached hydrogens (tertiary/aromatic N) is 3. The van der Waals surface area contributed by atoms with Gasteiger partial charge in [0.15, 0.2) is 0 Å². The van der Waals surface area contributed by atoms with Crippen molar-refractivity contribution in [2.45, 2.75) is 27.3 Å². The maximum Gasteiger partial charge on any atom is 0.146 e. The molecule has 0 aromatic heterocycles. The lowest BCUT2D eigenvalue weighted by Crippen LogP contribution is -2.30. The fraction of sp³-hybridized carbons (Fsp3) is 0.222. The van der Waals surface area contributed by atoms with Gasteiger partial charge in [0.25, 0.3) is 0 Å². The van der Waals surface area contributed by atoms with Gasteiger partial charge in [-0.1, -0.05) is 65.4 Å². The molecule has 0 bridgehead atoms. The third-order valence-corrected chi connectivity index (χ3v) is 5.37. The molecule has 0 amide bonds. The molecule has 1 aromatic rings. The number of aliphatic imine (C=N–C) groups is 1. The number of nitriles is 1. The third-order valence-electron chi connectivity index (χ3n) is 4.92. The van der Waals surface area contributed by atoms with Crippen LogP contribution in [0.2, 0.25) is 0 Å². The minimum atomic E-state index is -0.429. The summed E-state index contributed by atoms with van der Waals surface area (Å²) < 4.78 is 14.3. The van der Waals surface area contributed by atoms with Gasteiger partial charge in [-0.2, -0.15) is 5.26 Å². The molecule has 6 N–H and O–H groups in total. The molecular weight excluding hydrogens is 473 g/mol. The van der Waals surface area contributed by atoms with Crippen molar-refractivity contribution in [1.29, 1.82) is 5.26 Å². The number of likely N-dealkylation sites (N-methyl/N-ethyl adjacent to an activating group) is 1. The monoisotopic (exact) mass is 507 g/mol. The Labute approximate surface area is 218 Å². The number of benzene rings is 1. The smallest absolute Gasteiger partial charge is 0.146 e. The van der Waals surface area contributed by atoms with E-state index in [1.807, 2.05) is 26.8 Å². The summed E-state index contributed by atoms with van der Waals surface area (Å²) in [6.07, 6.45) is 1.72. The Kier molecular flexibility index (Phi) is 11.5. The Morgan fingerprint density at radius 1 is 1.28 bits per heavy atom. The molecule has 0 saturated heterocycles. The van der Waals surface area contributed by atoms with Gasteiger partial charge in [-0.15, -0.1) is 0 Å². The molecule has 190 valence electrons. The minimum absolute atomic E-state index is 0.259. The van der Waals surface area contributed by atoms with Gasteiger partial charge in [-0.3, -0.25) is 0 Å². The first kappa shape index (κ1) is 30.0. The second kappa shape index (κ2) is 13.8. The molecular formula is C27H34FN7S. The molecule has 2 aliphatic rings. The first-order valence-corrected chi connectivity index (χ1v) is 11.7. The zero-order chi connectivity index (χ0) is 27.6. The van der Waals surface area contributed by atoms with Crippen LogP contribution in [0.4, 0.5) is 10.1 Å². The van der Waals surface area contributed by atoms with Crippen LogP contribution >= 0.6 is 12.2 Å². The number of nitrogens with two attached hydrogens (primary N) is 2. The highest BCUT2D eigenvalue weighted by Gasteiger charge is 2.26. The first-order chi connectivity index (χ1) is 17.0. The fourth-order valence-corrected chi connectivity index (χ4v) is 3.20. The molecule has 0 radical (unpaired) electrons. The number of hydrogen-bond donors (Lipinski definition) is 4. The predicted octanol–water partition coefficient (Wildman–Crippen LogP) is 4.76. The van der Waals surface area contributed by atoms with Crippen molar-refractivity contribution < 1.29 is 4.39 Å². The Hall–Kier alpha value is -4.00. The second-order valence-corrected chi connectivity index (χ2v) is 7.78. The van der Waals surface area contributed by atoms with Crippen molar-refractivity contribution in [3.8, 4) is 6.07 Å². The quantitative estimate of drug-likeness (QED) is 0.239. The summed E-state index contributed by atoms with van der Waals surface area (Å²) in [6.45, 7) is 22.4. The molecule has 0 spiro atoms. The number of halogens is 1. The molecule has 0 unspecified atom stereocenters. The van der Waals surface area contributed by atoms with Gasteiger partial charge in [0.1, 0.15) is 17.7 Å². The lowest BCUT2D eigenvalue weighted by molar-refractivity contribution is 0.523. The average Bonchev–Trinajstić information content (AvgIpc) is 2.89. The van der Waals surface area contributed by atoms with Crippen LogP contribution < -0.4 is 22.1 Å². The fourth-order valence-electron chi connectivity index (χ4n) is 2.93. The number of nitrogens with one attached hydrogen (secondary N) is 2. The van der Waals surface area contributed by atoms with E-state index in [-0.39, 0.29) is 5.69 Å². The van der Waals surface area contributed by atoms with Gasteiger partial charge in [0.2, 0.25) is 0 Å². The van der Waals surface area contributed by atoms with E-state index < -0.39 is 5.82 Å². The van der Waals surface area contributed by atoms with Gasteiger partial charge < -0.3 is 27.0 Å². The number of anilines is 1. The molecule has 1 aromatic carbocycles. The Morgan fingerprint density at radius 2 is 1.89 bits per heavy atom. The highest BCUT2D eigenvalue weighted by molar-refractivity contribution is 7.81. The summed E-state index contributed by atoms with van der Waals surface area (Å²) in [5.74, 6) is 0.0332. The van der Waals surface area contributed by atoms with E-state index in [1.54, 1.807) is 30.2 Å². The third kappa shape index (κ3) is 7.01.